The quantitative estimate of drug-likeness (QED) is 0.416. The molecule has 1 nitrogen and oxygen atoms in total. The predicted octanol–water partition coefficient (Wildman–Crippen LogP) is 2.40. The SMILES string of the molecule is C=C1COC(C)C1CCI. The van der Waals surface area contributed by atoms with Crippen molar-refractivity contribution >= 4 is 22.6 Å². The second-order valence-electron chi connectivity index (χ2n) is 2.76. The van der Waals surface area contributed by atoms with Crippen LogP contribution < -0.4 is 0 Å². The first-order valence-electron chi connectivity index (χ1n) is 3.61. The van der Waals surface area contributed by atoms with Crippen LogP contribution in [0.25, 0.3) is 0 Å². The lowest BCUT2D eigenvalue weighted by Gasteiger charge is -2.11. The molecule has 0 bridgehead atoms. The fraction of sp³-hybridized carbons (Fsp3) is 0.750. The van der Waals surface area contributed by atoms with Crippen LogP contribution in [0.3, 0.4) is 0 Å². The fourth-order valence-corrected chi connectivity index (χ4v) is 2.02. The maximum Gasteiger partial charge on any atom is 0.0681 e. The zero-order valence-corrected chi connectivity index (χ0v) is 8.43. The average molecular weight is 252 g/mol. The van der Waals surface area contributed by atoms with Crippen LogP contribution in [0.2, 0.25) is 0 Å². The third-order valence-electron chi connectivity index (χ3n) is 2.04. The molecule has 1 aliphatic heterocycles. The monoisotopic (exact) mass is 252 g/mol. The Kier molecular flexibility index (Phi) is 3.17. The molecule has 1 heterocycles. The number of hydrogen-bond acceptors (Lipinski definition) is 1. The number of alkyl halides is 1. The van der Waals surface area contributed by atoms with Crippen LogP contribution >= 0.6 is 22.6 Å². The molecule has 58 valence electrons. The Labute approximate surface area is 76.0 Å². The van der Waals surface area contributed by atoms with Crippen LogP contribution in [0.1, 0.15) is 13.3 Å². The van der Waals surface area contributed by atoms with Gasteiger partial charge in [0.1, 0.15) is 0 Å². The number of ether oxygens (including phenoxy) is 1. The summed E-state index contributed by atoms with van der Waals surface area (Å²) in [7, 11) is 0. The molecule has 0 N–H and O–H groups in total. The Morgan fingerprint density at radius 3 is 2.90 bits per heavy atom. The minimum absolute atomic E-state index is 0.405. The highest BCUT2D eigenvalue weighted by Crippen LogP contribution is 2.28. The van der Waals surface area contributed by atoms with Crippen molar-refractivity contribution in [1.82, 2.24) is 0 Å². The van der Waals surface area contributed by atoms with Crippen LogP contribution in [0.5, 0.6) is 0 Å². The van der Waals surface area contributed by atoms with Crippen molar-refractivity contribution in [2.75, 3.05) is 11.0 Å². The lowest BCUT2D eigenvalue weighted by molar-refractivity contribution is 0.106. The third kappa shape index (κ3) is 1.72. The number of halogens is 1. The summed E-state index contributed by atoms with van der Waals surface area (Å²) in [6.45, 7) is 6.89. The minimum atomic E-state index is 0.405. The molecule has 2 heteroatoms. The van der Waals surface area contributed by atoms with E-state index in [9.17, 15) is 0 Å². The Morgan fingerprint density at radius 1 is 1.80 bits per heavy atom. The van der Waals surface area contributed by atoms with Gasteiger partial charge in [0.15, 0.2) is 0 Å². The molecule has 10 heavy (non-hydrogen) atoms. The van der Waals surface area contributed by atoms with Gasteiger partial charge in [0.25, 0.3) is 0 Å². The summed E-state index contributed by atoms with van der Waals surface area (Å²) in [5.74, 6) is 0.622. The standard InChI is InChI=1S/C8H13IO/c1-6-5-10-7(2)8(6)3-4-9/h7-8H,1,3-5H2,2H3. The molecule has 0 aliphatic carbocycles. The largest absolute Gasteiger partial charge is 0.374 e. The maximum absolute atomic E-state index is 5.43. The molecule has 0 spiro atoms. The molecular weight excluding hydrogens is 239 g/mol. The van der Waals surface area contributed by atoms with Gasteiger partial charge in [-0.3, -0.25) is 0 Å². The molecule has 1 aliphatic rings. The van der Waals surface area contributed by atoms with Gasteiger partial charge in [0.2, 0.25) is 0 Å². The van der Waals surface area contributed by atoms with E-state index in [0.717, 1.165) is 6.61 Å². The van der Waals surface area contributed by atoms with Gasteiger partial charge in [0.05, 0.1) is 12.7 Å². The zero-order chi connectivity index (χ0) is 7.56. The molecular formula is C8H13IO. The van der Waals surface area contributed by atoms with E-state index in [2.05, 4.69) is 36.1 Å². The predicted molar refractivity (Wildman–Crippen MR) is 51.5 cm³/mol. The lowest BCUT2D eigenvalue weighted by atomic mass is 9.96. The molecule has 0 aromatic rings. The number of rotatable bonds is 2. The molecule has 2 unspecified atom stereocenters. The van der Waals surface area contributed by atoms with Gasteiger partial charge in [-0.25, -0.2) is 0 Å². The average Bonchev–Trinajstić information content (AvgIpc) is 2.20. The molecule has 0 aromatic carbocycles. The van der Waals surface area contributed by atoms with E-state index in [1.54, 1.807) is 0 Å². The first-order chi connectivity index (χ1) is 4.75. The van der Waals surface area contributed by atoms with Crippen LogP contribution in [0, 0.1) is 5.92 Å². The van der Waals surface area contributed by atoms with Gasteiger partial charge < -0.3 is 4.74 Å². The van der Waals surface area contributed by atoms with Gasteiger partial charge in [-0.1, -0.05) is 29.2 Å². The van der Waals surface area contributed by atoms with E-state index < -0.39 is 0 Å². The van der Waals surface area contributed by atoms with Gasteiger partial charge in [0, 0.05) is 10.3 Å². The van der Waals surface area contributed by atoms with E-state index in [4.69, 9.17) is 4.74 Å². The van der Waals surface area contributed by atoms with E-state index in [-0.39, 0.29) is 0 Å². The molecule has 0 radical (unpaired) electrons. The Morgan fingerprint density at radius 2 is 2.50 bits per heavy atom. The summed E-state index contributed by atoms with van der Waals surface area (Å²) in [6, 6.07) is 0. The molecule has 1 rings (SSSR count). The van der Waals surface area contributed by atoms with Crippen molar-refractivity contribution < 1.29 is 4.74 Å². The van der Waals surface area contributed by atoms with Crippen LogP contribution in [0.4, 0.5) is 0 Å². The summed E-state index contributed by atoms with van der Waals surface area (Å²) in [6.07, 6.45) is 1.63. The van der Waals surface area contributed by atoms with Gasteiger partial charge in [-0.15, -0.1) is 0 Å². The van der Waals surface area contributed by atoms with Crippen molar-refractivity contribution in [3.8, 4) is 0 Å². The molecule has 1 saturated heterocycles. The normalized spacial score (nSPS) is 33.2. The molecule has 2 atom stereocenters. The zero-order valence-electron chi connectivity index (χ0n) is 6.27. The highest BCUT2D eigenvalue weighted by molar-refractivity contribution is 14.1. The molecule has 0 aromatic heterocycles. The summed E-state index contributed by atoms with van der Waals surface area (Å²) < 4.78 is 6.63. The van der Waals surface area contributed by atoms with Gasteiger partial charge in [-0.2, -0.15) is 0 Å². The van der Waals surface area contributed by atoms with Crippen molar-refractivity contribution in [3.63, 3.8) is 0 Å². The van der Waals surface area contributed by atoms with E-state index in [1.165, 1.54) is 16.4 Å². The summed E-state index contributed by atoms with van der Waals surface area (Å²) in [5, 5.41) is 0. The molecule has 0 saturated carbocycles. The van der Waals surface area contributed by atoms with Gasteiger partial charge in [-0.05, 0) is 18.9 Å². The fourth-order valence-electron chi connectivity index (χ4n) is 1.35. The van der Waals surface area contributed by atoms with E-state index >= 15 is 0 Å². The van der Waals surface area contributed by atoms with Gasteiger partial charge >= 0.3 is 0 Å². The summed E-state index contributed by atoms with van der Waals surface area (Å²) in [4.78, 5) is 0. The van der Waals surface area contributed by atoms with Crippen LogP contribution in [-0.4, -0.2) is 17.1 Å². The number of hydrogen-bond donors (Lipinski definition) is 0. The van der Waals surface area contributed by atoms with Crippen LogP contribution in [-0.2, 0) is 4.74 Å². The Hall–Kier alpha value is 0.430. The summed E-state index contributed by atoms with van der Waals surface area (Å²) in [5.41, 5.74) is 1.28. The lowest BCUT2D eigenvalue weighted by Crippen LogP contribution is -2.12. The molecule has 1 fully saturated rings. The smallest absolute Gasteiger partial charge is 0.0681 e. The Balaban J connectivity index is 2.46. The second-order valence-corrected chi connectivity index (χ2v) is 3.84. The van der Waals surface area contributed by atoms with Crippen LogP contribution in [0.15, 0.2) is 12.2 Å². The highest BCUT2D eigenvalue weighted by Gasteiger charge is 2.26. The van der Waals surface area contributed by atoms with Crippen molar-refractivity contribution in [1.29, 1.82) is 0 Å². The van der Waals surface area contributed by atoms with Crippen molar-refractivity contribution in [2.45, 2.75) is 19.4 Å². The maximum atomic E-state index is 5.43. The minimum Gasteiger partial charge on any atom is -0.374 e. The van der Waals surface area contributed by atoms with Crippen molar-refractivity contribution in [2.24, 2.45) is 5.92 Å². The van der Waals surface area contributed by atoms with E-state index in [1.807, 2.05) is 0 Å². The topological polar surface area (TPSA) is 9.23 Å². The van der Waals surface area contributed by atoms with Crippen molar-refractivity contribution in [3.05, 3.63) is 12.2 Å². The highest BCUT2D eigenvalue weighted by atomic mass is 127. The first kappa shape index (κ1) is 8.53. The third-order valence-corrected chi connectivity index (χ3v) is 2.67. The first-order valence-corrected chi connectivity index (χ1v) is 5.13. The Bertz CT molecular complexity index is 133. The second kappa shape index (κ2) is 3.72. The molecule has 0 amide bonds. The summed E-state index contributed by atoms with van der Waals surface area (Å²) >= 11 is 2.40. The van der Waals surface area contributed by atoms with E-state index in [0.29, 0.717) is 12.0 Å².